The predicted octanol–water partition coefficient (Wildman–Crippen LogP) is 3.70. The third kappa shape index (κ3) is 3.19. The lowest BCUT2D eigenvalue weighted by Gasteiger charge is -2.26. The molecule has 3 heterocycles. The summed E-state index contributed by atoms with van der Waals surface area (Å²) in [4.78, 5) is 26.5. The van der Waals surface area contributed by atoms with E-state index in [0.29, 0.717) is 11.3 Å². The number of guanidine groups is 1. The van der Waals surface area contributed by atoms with E-state index in [9.17, 15) is 22.4 Å². The number of hydrogen-bond donors (Lipinski definition) is 1. The van der Waals surface area contributed by atoms with E-state index in [0.717, 1.165) is 17.0 Å². The van der Waals surface area contributed by atoms with Crippen LogP contribution in [0.4, 0.5) is 17.6 Å². The molecule has 2 N–H and O–H groups in total. The molecule has 2 aromatic heterocycles. The van der Waals surface area contributed by atoms with Gasteiger partial charge in [-0.05, 0) is 42.8 Å². The summed E-state index contributed by atoms with van der Waals surface area (Å²) in [6.07, 6.45) is -1.42. The number of carbonyl (C=O) groups excluding carboxylic acids is 1. The van der Waals surface area contributed by atoms with Crippen LogP contribution in [0.3, 0.4) is 0 Å². The van der Waals surface area contributed by atoms with Gasteiger partial charge in [-0.1, -0.05) is 12.1 Å². The fourth-order valence-electron chi connectivity index (χ4n) is 3.68. The Labute approximate surface area is 180 Å². The van der Waals surface area contributed by atoms with Crippen molar-refractivity contribution in [2.75, 3.05) is 7.05 Å². The SMILES string of the molecule is Cc1ncccc1-c1cc(C2(c3cccc(C(F)F)n3)N=C(N)N(C)C2=O)cc(F)c1F. The first-order chi connectivity index (χ1) is 15.2. The van der Waals surface area contributed by atoms with E-state index in [2.05, 4.69) is 15.0 Å². The molecule has 0 aliphatic carbocycles. The molecular weight excluding hydrogens is 426 g/mol. The maximum atomic E-state index is 14.8. The fraction of sp³-hybridized carbons (Fsp3) is 0.182. The number of carbonyl (C=O) groups is 1. The quantitative estimate of drug-likeness (QED) is 0.624. The summed E-state index contributed by atoms with van der Waals surface area (Å²) in [6, 6.07) is 8.84. The van der Waals surface area contributed by atoms with Gasteiger partial charge < -0.3 is 5.73 Å². The Morgan fingerprint density at radius 1 is 1.09 bits per heavy atom. The van der Waals surface area contributed by atoms with Gasteiger partial charge in [-0.2, -0.15) is 0 Å². The zero-order valence-corrected chi connectivity index (χ0v) is 17.0. The minimum Gasteiger partial charge on any atom is -0.369 e. The van der Waals surface area contributed by atoms with E-state index in [1.54, 1.807) is 19.1 Å². The average Bonchev–Trinajstić information content (AvgIpc) is 3.01. The number of aliphatic imine (C=N–C) groups is 1. The smallest absolute Gasteiger partial charge is 0.280 e. The van der Waals surface area contributed by atoms with Crippen molar-refractivity contribution in [2.45, 2.75) is 18.9 Å². The highest BCUT2D eigenvalue weighted by Gasteiger charge is 2.51. The topological polar surface area (TPSA) is 84.5 Å². The Morgan fingerprint density at radius 3 is 2.47 bits per heavy atom. The second-order valence-corrected chi connectivity index (χ2v) is 7.25. The number of halogens is 4. The van der Waals surface area contributed by atoms with Crippen LogP contribution in [0.25, 0.3) is 11.1 Å². The van der Waals surface area contributed by atoms with Crippen molar-refractivity contribution in [3.05, 3.63) is 82.9 Å². The number of nitrogens with two attached hydrogens (primary N) is 1. The predicted molar refractivity (Wildman–Crippen MR) is 109 cm³/mol. The Balaban J connectivity index is 2.04. The summed E-state index contributed by atoms with van der Waals surface area (Å²) in [5, 5.41) is 0. The van der Waals surface area contributed by atoms with E-state index in [1.807, 2.05) is 0 Å². The summed E-state index contributed by atoms with van der Waals surface area (Å²) >= 11 is 0. The van der Waals surface area contributed by atoms with Crippen LogP contribution in [0.5, 0.6) is 0 Å². The van der Waals surface area contributed by atoms with Gasteiger partial charge in [0.25, 0.3) is 12.3 Å². The van der Waals surface area contributed by atoms with E-state index in [1.165, 1.54) is 31.4 Å². The lowest BCUT2D eigenvalue weighted by atomic mass is 9.84. The van der Waals surface area contributed by atoms with Crippen molar-refractivity contribution in [1.29, 1.82) is 0 Å². The van der Waals surface area contributed by atoms with Gasteiger partial charge in [0, 0.05) is 30.1 Å². The summed E-state index contributed by atoms with van der Waals surface area (Å²) in [5.74, 6) is -3.36. The Kier molecular flexibility index (Phi) is 5.15. The first kappa shape index (κ1) is 21.4. The van der Waals surface area contributed by atoms with E-state index in [4.69, 9.17) is 5.73 Å². The molecule has 3 aromatic rings. The molecule has 0 fully saturated rings. The highest BCUT2D eigenvalue weighted by atomic mass is 19.3. The van der Waals surface area contributed by atoms with E-state index in [-0.39, 0.29) is 22.8 Å². The second-order valence-electron chi connectivity index (χ2n) is 7.25. The first-order valence-corrected chi connectivity index (χ1v) is 9.47. The van der Waals surface area contributed by atoms with Crippen molar-refractivity contribution >= 4 is 11.9 Å². The number of nitrogens with zero attached hydrogens (tertiary/aromatic N) is 4. The molecule has 1 aliphatic heterocycles. The first-order valence-electron chi connectivity index (χ1n) is 9.47. The fourth-order valence-corrected chi connectivity index (χ4v) is 3.68. The molecule has 0 spiro atoms. The zero-order valence-electron chi connectivity index (χ0n) is 17.0. The number of aromatic nitrogens is 2. The summed E-state index contributed by atoms with van der Waals surface area (Å²) in [5.41, 5.74) is 3.47. The monoisotopic (exact) mass is 443 g/mol. The molecule has 1 aliphatic rings. The van der Waals surface area contributed by atoms with E-state index >= 15 is 0 Å². The minimum atomic E-state index is -2.92. The Hall–Kier alpha value is -3.82. The van der Waals surface area contributed by atoms with Crippen LogP contribution < -0.4 is 5.73 Å². The average molecular weight is 443 g/mol. The molecule has 0 radical (unpaired) electrons. The molecule has 0 bridgehead atoms. The molecule has 164 valence electrons. The van der Waals surface area contributed by atoms with Gasteiger partial charge in [0.15, 0.2) is 17.6 Å². The minimum absolute atomic E-state index is 0.106. The van der Waals surface area contributed by atoms with Crippen molar-refractivity contribution in [2.24, 2.45) is 10.7 Å². The third-order valence-electron chi connectivity index (χ3n) is 5.35. The lowest BCUT2D eigenvalue weighted by Crippen LogP contribution is -2.41. The molecular formula is C22H17F4N5O. The summed E-state index contributed by atoms with van der Waals surface area (Å²) in [6.45, 7) is 1.62. The highest BCUT2D eigenvalue weighted by molar-refractivity contribution is 6.08. The van der Waals surface area contributed by atoms with Crippen LogP contribution in [-0.4, -0.2) is 33.8 Å². The maximum Gasteiger partial charge on any atom is 0.280 e. The molecule has 1 unspecified atom stereocenters. The van der Waals surface area contributed by atoms with Gasteiger partial charge in [-0.15, -0.1) is 0 Å². The third-order valence-corrected chi connectivity index (χ3v) is 5.35. The van der Waals surface area contributed by atoms with Crippen LogP contribution in [0, 0.1) is 18.6 Å². The standard InChI is InChI=1S/C22H17F4N5O/c1-11-13(5-4-8-28-11)14-9-12(10-15(23)18(14)24)22(20(32)31(2)21(27)30-22)17-7-3-6-16(29-17)19(25)26/h3-10,19H,1-2H3,(H2,27,30). The number of aryl methyl sites for hydroxylation is 1. The molecule has 1 atom stereocenters. The van der Waals surface area contributed by atoms with Crippen LogP contribution in [0.2, 0.25) is 0 Å². The number of benzene rings is 1. The number of rotatable bonds is 4. The normalized spacial score (nSPS) is 18.4. The lowest BCUT2D eigenvalue weighted by molar-refractivity contribution is -0.129. The van der Waals surface area contributed by atoms with Crippen LogP contribution in [-0.2, 0) is 10.3 Å². The number of alkyl halides is 2. The molecule has 10 heteroatoms. The Bertz CT molecular complexity index is 1260. The van der Waals surface area contributed by atoms with Gasteiger partial charge >= 0.3 is 0 Å². The van der Waals surface area contributed by atoms with E-state index < -0.39 is 35.2 Å². The van der Waals surface area contributed by atoms with Crippen LogP contribution >= 0.6 is 0 Å². The van der Waals surface area contributed by atoms with Gasteiger partial charge in [-0.3, -0.25) is 14.7 Å². The zero-order chi connectivity index (χ0) is 23.2. The van der Waals surface area contributed by atoms with Gasteiger partial charge in [0.05, 0.1) is 5.69 Å². The summed E-state index contributed by atoms with van der Waals surface area (Å²) < 4.78 is 56.2. The molecule has 0 saturated heterocycles. The molecule has 6 nitrogen and oxygen atoms in total. The second kappa shape index (κ2) is 7.70. The molecule has 4 rings (SSSR count). The largest absolute Gasteiger partial charge is 0.369 e. The molecule has 0 saturated carbocycles. The molecule has 32 heavy (non-hydrogen) atoms. The van der Waals surface area contributed by atoms with Crippen LogP contribution in [0.1, 0.15) is 29.1 Å². The van der Waals surface area contributed by atoms with Crippen molar-refractivity contribution in [1.82, 2.24) is 14.9 Å². The maximum absolute atomic E-state index is 14.8. The molecule has 1 aromatic carbocycles. The number of amides is 1. The highest BCUT2D eigenvalue weighted by Crippen LogP contribution is 2.41. The van der Waals surface area contributed by atoms with Crippen LogP contribution in [0.15, 0.2) is 53.7 Å². The molecule has 1 amide bonds. The van der Waals surface area contributed by atoms with Gasteiger partial charge in [-0.25, -0.2) is 27.5 Å². The van der Waals surface area contributed by atoms with Crippen molar-refractivity contribution < 1.29 is 22.4 Å². The van der Waals surface area contributed by atoms with Crippen molar-refractivity contribution in [3.8, 4) is 11.1 Å². The number of pyridine rings is 2. The number of hydrogen-bond acceptors (Lipinski definition) is 5. The summed E-state index contributed by atoms with van der Waals surface area (Å²) in [7, 11) is 1.34. The van der Waals surface area contributed by atoms with Crippen molar-refractivity contribution in [3.63, 3.8) is 0 Å². The van der Waals surface area contributed by atoms with Gasteiger partial charge in [0.1, 0.15) is 5.69 Å². The van der Waals surface area contributed by atoms with Gasteiger partial charge in [0.2, 0.25) is 5.54 Å². The number of likely N-dealkylation sites (N-methyl/N-ethyl adjacent to an activating group) is 1. The Morgan fingerprint density at radius 2 is 1.84 bits per heavy atom.